The van der Waals surface area contributed by atoms with Crippen LogP contribution >= 0.6 is 11.6 Å². The summed E-state index contributed by atoms with van der Waals surface area (Å²) in [5.74, 6) is -1.65. The van der Waals surface area contributed by atoms with E-state index in [2.05, 4.69) is 16.1 Å². The molecule has 0 radical (unpaired) electrons. The highest BCUT2D eigenvalue weighted by molar-refractivity contribution is 6.30. The Bertz CT molecular complexity index is 721. The SMILES string of the molecule is O=C(CNc1cc(Cl)ccc1F)NN1C(=O)NC2(CCCCC2)C1=O. The Balaban J connectivity index is 1.60. The fourth-order valence-corrected chi connectivity index (χ4v) is 3.36. The molecule has 0 bridgehead atoms. The lowest BCUT2D eigenvalue weighted by molar-refractivity contribution is -0.139. The summed E-state index contributed by atoms with van der Waals surface area (Å²) in [6.07, 6.45) is 3.85. The highest BCUT2D eigenvalue weighted by atomic mass is 35.5. The summed E-state index contributed by atoms with van der Waals surface area (Å²) >= 11 is 5.78. The van der Waals surface area contributed by atoms with Gasteiger partial charge in [-0.25, -0.2) is 9.18 Å². The Kier molecular flexibility index (Phi) is 4.80. The number of hydrogen-bond acceptors (Lipinski definition) is 4. The number of carbonyl (C=O) groups excluding carboxylic acids is 3. The molecule has 1 heterocycles. The van der Waals surface area contributed by atoms with Crippen LogP contribution < -0.4 is 16.1 Å². The number of hydrazine groups is 1. The van der Waals surface area contributed by atoms with Gasteiger partial charge in [-0.15, -0.1) is 0 Å². The van der Waals surface area contributed by atoms with Crippen LogP contribution in [0.5, 0.6) is 0 Å². The molecule has 0 unspecified atom stereocenters. The lowest BCUT2D eigenvalue weighted by atomic mass is 9.82. The maximum Gasteiger partial charge on any atom is 0.344 e. The quantitative estimate of drug-likeness (QED) is 0.710. The van der Waals surface area contributed by atoms with E-state index in [1.807, 2.05) is 0 Å². The zero-order chi connectivity index (χ0) is 18.0. The Labute approximate surface area is 148 Å². The van der Waals surface area contributed by atoms with Crippen molar-refractivity contribution in [2.75, 3.05) is 11.9 Å². The summed E-state index contributed by atoms with van der Waals surface area (Å²) < 4.78 is 13.6. The van der Waals surface area contributed by atoms with Gasteiger partial charge in [-0.2, -0.15) is 5.01 Å². The number of hydrogen-bond donors (Lipinski definition) is 3. The van der Waals surface area contributed by atoms with Crippen molar-refractivity contribution < 1.29 is 18.8 Å². The van der Waals surface area contributed by atoms with Gasteiger partial charge in [0, 0.05) is 5.02 Å². The monoisotopic (exact) mass is 368 g/mol. The van der Waals surface area contributed by atoms with E-state index in [1.54, 1.807) is 0 Å². The molecule has 9 heteroatoms. The zero-order valence-corrected chi connectivity index (χ0v) is 14.2. The highest BCUT2D eigenvalue weighted by Crippen LogP contribution is 2.32. The van der Waals surface area contributed by atoms with E-state index in [-0.39, 0.29) is 12.2 Å². The van der Waals surface area contributed by atoms with Crippen LogP contribution in [-0.4, -0.2) is 34.9 Å². The van der Waals surface area contributed by atoms with Crippen LogP contribution in [0.25, 0.3) is 0 Å². The van der Waals surface area contributed by atoms with Crippen molar-refractivity contribution in [1.29, 1.82) is 0 Å². The molecular weight excluding hydrogens is 351 g/mol. The fourth-order valence-electron chi connectivity index (χ4n) is 3.19. The number of amides is 4. The number of imide groups is 1. The number of halogens is 2. The third-order valence-corrected chi connectivity index (χ3v) is 4.71. The van der Waals surface area contributed by atoms with E-state index >= 15 is 0 Å². The Morgan fingerprint density at radius 3 is 2.72 bits per heavy atom. The summed E-state index contributed by atoms with van der Waals surface area (Å²) in [5.41, 5.74) is 1.42. The first-order valence-corrected chi connectivity index (χ1v) is 8.44. The summed E-state index contributed by atoms with van der Waals surface area (Å²) in [7, 11) is 0. The normalized spacial score (nSPS) is 19.0. The lowest BCUT2D eigenvalue weighted by Gasteiger charge is -2.30. The second-order valence-electron chi connectivity index (χ2n) is 6.23. The molecule has 134 valence electrons. The summed E-state index contributed by atoms with van der Waals surface area (Å²) in [6, 6.07) is 3.26. The minimum Gasteiger partial charge on any atom is -0.374 e. The van der Waals surface area contributed by atoms with Gasteiger partial charge in [0.2, 0.25) is 0 Å². The molecule has 1 aromatic rings. The van der Waals surface area contributed by atoms with Gasteiger partial charge < -0.3 is 10.6 Å². The number of carbonyl (C=O) groups is 3. The van der Waals surface area contributed by atoms with Crippen molar-refractivity contribution in [3.8, 4) is 0 Å². The second-order valence-corrected chi connectivity index (χ2v) is 6.66. The molecule has 3 N–H and O–H groups in total. The van der Waals surface area contributed by atoms with Crippen LogP contribution in [-0.2, 0) is 9.59 Å². The highest BCUT2D eigenvalue weighted by Gasteiger charge is 2.52. The first-order valence-electron chi connectivity index (χ1n) is 8.06. The second kappa shape index (κ2) is 6.87. The smallest absolute Gasteiger partial charge is 0.344 e. The van der Waals surface area contributed by atoms with E-state index in [4.69, 9.17) is 11.6 Å². The van der Waals surface area contributed by atoms with Gasteiger partial charge >= 0.3 is 6.03 Å². The van der Waals surface area contributed by atoms with Crippen molar-refractivity contribution in [2.45, 2.75) is 37.6 Å². The van der Waals surface area contributed by atoms with E-state index in [0.29, 0.717) is 22.9 Å². The van der Waals surface area contributed by atoms with Crippen molar-refractivity contribution in [2.24, 2.45) is 0 Å². The molecular formula is C16H18ClFN4O3. The van der Waals surface area contributed by atoms with Crippen LogP contribution in [0.15, 0.2) is 18.2 Å². The molecule has 1 aromatic carbocycles. The fraction of sp³-hybridized carbons (Fsp3) is 0.438. The largest absolute Gasteiger partial charge is 0.374 e. The number of rotatable bonds is 4. The molecule has 1 spiro atoms. The first-order chi connectivity index (χ1) is 11.9. The van der Waals surface area contributed by atoms with Crippen molar-refractivity contribution in [3.63, 3.8) is 0 Å². The average molecular weight is 369 g/mol. The van der Waals surface area contributed by atoms with Crippen LogP contribution in [0, 0.1) is 5.82 Å². The average Bonchev–Trinajstić information content (AvgIpc) is 2.80. The number of nitrogens with one attached hydrogen (secondary N) is 3. The van der Waals surface area contributed by atoms with Crippen molar-refractivity contribution >= 4 is 35.1 Å². The Morgan fingerprint density at radius 2 is 2.00 bits per heavy atom. The lowest BCUT2D eigenvalue weighted by Crippen LogP contribution is -2.51. The van der Waals surface area contributed by atoms with E-state index in [0.717, 1.165) is 19.3 Å². The maximum atomic E-state index is 13.6. The van der Waals surface area contributed by atoms with Crippen LogP contribution in [0.4, 0.5) is 14.9 Å². The van der Waals surface area contributed by atoms with Gasteiger partial charge in [-0.05, 0) is 31.0 Å². The van der Waals surface area contributed by atoms with Gasteiger partial charge in [-0.1, -0.05) is 30.9 Å². The van der Waals surface area contributed by atoms with Gasteiger partial charge in [-0.3, -0.25) is 15.0 Å². The predicted octanol–water partition coefficient (Wildman–Crippen LogP) is 2.18. The molecule has 0 aromatic heterocycles. The molecule has 25 heavy (non-hydrogen) atoms. The molecule has 1 aliphatic carbocycles. The van der Waals surface area contributed by atoms with Crippen LogP contribution in [0.3, 0.4) is 0 Å². The maximum absolute atomic E-state index is 13.6. The minimum absolute atomic E-state index is 0.0589. The van der Waals surface area contributed by atoms with Crippen LogP contribution in [0.1, 0.15) is 32.1 Å². The molecule has 2 fully saturated rings. The Hall–Kier alpha value is -2.35. The van der Waals surface area contributed by atoms with Gasteiger partial charge in [0.25, 0.3) is 11.8 Å². The van der Waals surface area contributed by atoms with Gasteiger partial charge in [0.1, 0.15) is 11.4 Å². The number of nitrogens with zero attached hydrogens (tertiary/aromatic N) is 1. The third kappa shape index (κ3) is 3.53. The molecule has 1 aliphatic heterocycles. The summed E-state index contributed by atoms with van der Waals surface area (Å²) in [5, 5.41) is 6.31. The molecule has 1 saturated heterocycles. The predicted molar refractivity (Wildman–Crippen MR) is 89.2 cm³/mol. The standard InChI is InChI=1S/C16H18ClFN4O3/c17-10-4-5-11(18)12(8-10)19-9-13(23)21-22-14(24)16(20-15(22)25)6-2-1-3-7-16/h4-5,8,19H,1-3,6-7,9H2,(H,20,25)(H,21,23). The van der Waals surface area contributed by atoms with E-state index in [1.165, 1.54) is 18.2 Å². The molecule has 0 atom stereocenters. The molecule has 3 rings (SSSR count). The van der Waals surface area contributed by atoms with Gasteiger partial charge in [0.05, 0.1) is 12.2 Å². The summed E-state index contributed by atoms with van der Waals surface area (Å²) in [6.45, 7) is -0.318. The van der Waals surface area contributed by atoms with Crippen LogP contribution in [0.2, 0.25) is 5.02 Å². The molecule has 4 amide bonds. The Morgan fingerprint density at radius 1 is 1.28 bits per heavy atom. The number of anilines is 1. The topological polar surface area (TPSA) is 90.5 Å². The minimum atomic E-state index is -0.908. The van der Waals surface area contributed by atoms with Gasteiger partial charge in [0.15, 0.2) is 0 Å². The summed E-state index contributed by atoms with van der Waals surface area (Å²) in [4.78, 5) is 36.6. The molecule has 1 saturated carbocycles. The van der Waals surface area contributed by atoms with Crippen molar-refractivity contribution in [3.05, 3.63) is 29.0 Å². The van der Waals surface area contributed by atoms with Crippen molar-refractivity contribution in [1.82, 2.24) is 15.8 Å². The first kappa shape index (κ1) is 17.5. The number of urea groups is 1. The number of benzene rings is 1. The zero-order valence-electron chi connectivity index (χ0n) is 13.4. The molecule has 2 aliphatic rings. The van der Waals surface area contributed by atoms with E-state index < -0.39 is 29.2 Å². The third-order valence-electron chi connectivity index (χ3n) is 4.47. The van der Waals surface area contributed by atoms with E-state index in [9.17, 15) is 18.8 Å². The molecule has 7 nitrogen and oxygen atoms in total.